The molecular weight excluding hydrogens is 248 g/mol. The quantitative estimate of drug-likeness (QED) is 0.822. The van der Waals surface area contributed by atoms with Crippen LogP contribution in [0.3, 0.4) is 0 Å². The fourth-order valence-electron chi connectivity index (χ4n) is 1.59. The second-order valence-corrected chi connectivity index (χ2v) is 5.83. The number of aryl methyl sites for hydroxylation is 1. The van der Waals surface area contributed by atoms with E-state index in [1.807, 2.05) is 33.0 Å². The number of carbonyl (C=O) groups excluding carboxylic acids is 1. The molecule has 1 aromatic carbocycles. The first kappa shape index (κ1) is 14.7. The van der Waals surface area contributed by atoms with E-state index in [1.54, 1.807) is 6.07 Å². The monoisotopic (exact) mass is 268 g/mol. The van der Waals surface area contributed by atoms with Crippen molar-refractivity contribution in [3.05, 3.63) is 29.3 Å². The Morgan fingerprint density at radius 2 is 2.11 bits per heavy atom. The van der Waals surface area contributed by atoms with Gasteiger partial charge >= 0.3 is 0 Å². The van der Waals surface area contributed by atoms with Crippen molar-refractivity contribution in [1.29, 1.82) is 0 Å². The molecule has 1 atom stereocenters. The summed E-state index contributed by atoms with van der Waals surface area (Å²) in [5.41, 5.74) is 2.57. The Bertz CT molecular complexity index is 447. The minimum Gasteiger partial charge on any atom is -0.388 e. The Morgan fingerprint density at radius 3 is 2.67 bits per heavy atom. The van der Waals surface area contributed by atoms with Gasteiger partial charge in [0.25, 0.3) is 5.91 Å². The number of amides is 1. The molecule has 0 saturated carbocycles. The smallest absolute Gasteiger partial charge is 0.251 e. The van der Waals surface area contributed by atoms with E-state index in [4.69, 9.17) is 0 Å². The lowest BCUT2D eigenvalue weighted by molar-refractivity contribution is 0.0955. The van der Waals surface area contributed by atoms with Crippen LogP contribution in [0.5, 0.6) is 0 Å². The van der Waals surface area contributed by atoms with E-state index in [0.717, 1.165) is 11.3 Å². The molecule has 0 fully saturated rings. The summed E-state index contributed by atoms with van der Waals surface area (Å²) in [6.07, 6.45) is 0. The summed E-state index contributed by atoms with van der Waals surface area (Å²) in [4.78, 5) is 11.9. The summed E-state index contributed by atoms with van der Waals surface area (Å²) < 4.78 is 11.2. The van der Waals surface area contributed by atoms with Gasteiger partial charge in [0, 0.05) is 47.1 Å². The van der Waals surface area contributed by atoms with Crippen LogP contribution in [0.1, 0.15) is 22.8 Å². The molecule has 1 unspecified atom stereocenters. The zero-order valence-corrected chi connectivity index (χ0v) is 11.9. The molecule has 0 saturated heterocycles. The van der Waals surface area contributed by atoms with Gasteiger partial charge in [-0.25, -0.2) is 0 Å². The molecule has 0 aliphatic carbocycles. The summed E-state index contributed by atoms with van der Waals surface area (Å²) in [6.45, 7) is 4.23. The van der Waals surface area contributed by atoms with Crippen molar-refractivity contribution >= 4 is 22.4 Å². The first-order chi connectivity index (χ1) is 8.58. The Hall–Kier alpha value is -1.36. The normalized spacial score (nSPS) is 11.9. The van der Waals surface area contributed by atoms with Crippen molar-refractivity contribution in [2.75, 3.05) is 30.4 Å². The molecule has 0 aliphatic heterocycles. The van der Waals surface area contributed by atoms with Crippen LogP contribution in [0.25, 0.3) is 0 Å². The van der Waals surface area contributed by atoms with Crippen molar-refractivity contribution in [3.63, 3.8) is 0 Å². The number of rotatable bonds is 6. The molecule has 1 aromatic rings. The van der Waals surface area contributed by atoms with Crippen LogP contribution in [0, 0.1) is 6.92 Å². The zero-order valence-electron chi connectivity index (χ0n) is 11.1. The van der Waals surface area contributed by atoms with Gasteiger partial charge in [-0.05, 0) is 30.7 Å². The molecule has 0 bridgehead atoms. The highest BCUT2D eigenvalue weighted by Gasteiger charge is 2.09. The molecule has 100 valence electrons. The maximum atomic E-state index is 11.9. The van der Waals surface area contributed by atoms with Gasteiger partial charge in [-0.1, -0.05) is 6.92 Å². The number of benzene rings is 1. The van der Waals surface area contributed by atoms with Gasteiger partial charge in [0.15, 0.2) is 0 Å². The van der Waals surface area contributed by atoms with Crippen molar-refractivity contribution in [3.8, 4) is 0 Å². The van der Waals surface area contributed by atoms with Crippen molar-refractivity contribution in [1.82, 2.24) is 5.32 Å². The fraction of sp³-hybridized carbons (Fsp3) is 0.462. The van der Waals surface area contributed by atoms with Crippen molar-refractivity contribution < 1.29 is 9.00 Å². The first-order valence-corrected chi connectivity index (χ1v) is 7.48. The van der Waals surface area contributed by atoms with E-state index in [-0.39, 0.29) is 5.91 Å². The standard InChI is InChI=1S/C13H20N2O2S/c1-4-18(17)8-7-15-13(16)12-6-5-11(14-3)9-10(12)2/h5-6,9,14H,4,7-8H2,1-3H3,(H,15,16). The van der Waals surface area contributed by atoms with Crippen LogP contribution in [0.2, 0.25) is 0 Å². The molecule has 1 rings (SSSR count). The molecule has 0 aliphatic rings. The van der Waals surface area contributed by atoms with Crippen LogP contribution >= 0.6 is 0 Å². The minimum atomic E-state index is -0.835. The van der Waals surface area contributed by atoms with Gasteiger partial charge in [0.1, 0.15) is 0 Å². The fourth-order valence-corrected chi connectivity index (χ4v) is 2.21. The van der Waals surface area contributed by atoms with Crippen LogP contribution in [-0.4, -0.2) is 35.2 Å². The zero-order chi connectivity index (χ0) is 13.5. The lowest BCUT2D eigenvalue weighted by Gasteiger charge is -2.09. The Morgan fingerprint density at radius 1 is 1.39 bits per heavy atom. The SMILES string of the molecule is CCS(=O)CCNC(=O)c1ccc(NC)cc1C. The highest BCUT2D eigenvalue weighted by molar-refractivity contribution is 7.84. The molecule has 1 amide bonds. The largest absolute Gasteiger partial charge is 0.388 e. The lowest BCUT2D eigenvalue weighted by Crippen LogP contribution is -2.28. The summed E-state index contributed by atoms with van der Waals surface area (Å²) in [5, 5.41) is 5.82. The molecule has 5 heteroatoms. The Labute approximate surface area is 111 Å². The summed E-state index contributed by atoms with van der Waals surface area (Å²) in [5.74, 6) is 1.03. The second-order valence-electron chi connectivity index (χ2n) is 3.97. The van der Waals surface area contributed by atoms with E-state index in [9.17, 15) is 9.00 Å². The van der Waals surface area contributed by atoms with Gasteiger partial charge < -0.3 is 10.6 Å². The number of carbonyl (C=O) groups is 1. The molecule has 4 nitrogen and oxygen atoms in total. The third-order valence-corrected chi connectivity index (χ3v) is 4.00. The maximum Gasteiger partial charge on any atom is 0.251 e. The molecule has 0 spiro atoms. The van der Waals surface area contributed by atoms with Crippen LogP contribution in [0.4, 0.5) is 5.69 Å². The number of hydrogen-bond donors (Lipinski definition) is 2. The summed E-state index contributed by atoms with van der Waals surface area (Å²) in [7, 11) is 1.01. The third kappa shape index (κ3) is 4.14. The van der Waals surface area contributed by atoms with Gasteiger partial charge in [0.2, 0.25) is 0 Å². The highest BCUT2D eigenvalue weighted by atomic mass is 32.2. The second kappa shape index (κ2) is 7.16. The van der Waals surface area contributed by atoms with Gasteiger partial charge in [-0.3, -0.25) is 9.00 Å². The van der Waals surface area contributed by atoms with E-state index < -0.39 is 10.8 Å². The van der Waals surface area contributed by atoms with Crippen LogP contribution in [0.15, 0.2) is 18.2 Å². The highest BCUT2D eigenvalue weighted by Crippen LogP contribution is 2.14. The third-order valence-electron chi connectivity index (χ3n) is 2.70. The van der Waals surface area contributed by atoms with Gasteiger partial charge in [-0.15, -0.1) is 0 Å². The molecule has 0 aromatic heterocycles. The van der Waals surface area contributed by atoms with Gasteiger partial charge in [0.05, 0.1) is 0 Å². The Balaban J connectivity index is 2.59. The minimum absolute atomic E-state index is 0.108. The average molecular weight is 268 g/mol. The van der Waals surface area contributed by atoms with E-state index >= 15 is 0 Å². The number of hydrogen-bond acceptors (Lipinski definition) is 3. The van der Waals surface area contributed by atoms with E-state index in [2.05, 4.69) is 10.6 Å². The maximum absolute atomic E-state index is 11.9. The summed E-state index contributed by atoms with van der Waals surface area (Å²) >= 11 is 0. The summed E-state index contributed by atoms with van der Waals surface area (Å²) in [6, 6.07) is 5.60. The molecule has 0 radical (unpaired) electrons. The molecule has 18 heavy (non-hydrogen) atoms. The van der Waals surface area contributed by atoms with Gasteiger partial charge in [-0.2, -0.15) is 0 Å². The van der Waals surface area contributed by atoms with Crippen molar-refractivity contribution in [2.24, 2.45) is 0 Å². The topological polar surface area (TPSA) is 58.2 Å². The lowest BCUT2D eigenvalue weighted by atomic mass is 10.1. The Kier molecular flexibility index (Phi) is 5.85. The number of nitrogens with one attached hydrogen (secondary N) is 2. The predicted octanol–water partition coefficient (Wildman–Crippen LogP) is 1.54. The molecule has 2 N–H and O–H groups in total. The average Bonchev–Trinajstić information content (AvgIpc) is 2.37. The van der Waals surface area contributed by atoms with Crippen LogP contribution < -0.4 is 10.6 Å². The van der Waals surface area contributed by atoms with Crippen molar-refractivity contribution in [2.45, 2.75) is 13.8 Å². The van der Waals surface area contributed by atoms with E-state index in [0.29, 0.717) is 23.6 Å². The van der Waals surface area contributed by atoms with Crippen LogP contribution in [-0.2, 0) is 10.8 Å². The molecular formula is C13H20N2O2S. The molecule has 0 heterocycles. The predicted molar refractivity (Wildman–Crippen MR) is 76.6 cm³/mol. The number of anilines is 1. The van der Waals surface area contributed by atoms with E-state index in [1.165, 1.54) is 0 Å². The first-order valence-electron chi connectivity index (χ1n) is 6.00.